The number of H-pyrrole nitrogens is 1. The Kier molecular flexibility index (Phi) is 2.77. The summed E-state index contributed by atoms with van der Waals surface area (Å²) >= 11 is 6.17. The summed E-state index contributed by atoms with van der Waals surface area (Å²) in [6.07, 6.45) is -3.08. The van der Waals surface area contributed by atoms with Crippen LogP contribution >= 0.6 is 34.8 Å². The Bertz CT molecular complexity index is 343. The minimum absolute atomic E-state index is 0.0859. The molecule has 0 atom stereocenters. The maximum atomic E-state index is 12.2. The molecule has 0 aliphatic carbocycles. The molecule has 0 aromatic carbocycles. The lowest BCUT2D eigenvalue weighted by Gasteiger charge is -2.07. The summed E-state index contributed by atoms with van der Waals surface area (Å²) in [5.74, 6) is 0. The molecule has 1 nitrogen and oxygen atoms in total. The first kappa shape index (κ1) is 9.97. The normalized spacial score (nSPS) is 11.7. The standard InChI is InChI=1S/C6H3F3INS/c7-6(8,9)3-1-5(12)11-2-4(3)10/h1-2H,(H,11,12). The summed E-state index contributed by atoms with van der Waals surface area (Å²) < 4.78 is 36.7. The quantitative estimate of drug-likeness (QED) is 0.574. The molecular formula is C6H3F3INS. The Hall–Kier alpha value is -0.110. The van der Waals surface area contributed by atoms with Gasteiger partial charge in [-0.2, -0.15) is 13.2 Å². The van der Waals surface area contributed by atoms with Crippen molar-refractivity contribution in [2.45, 2.75) is 6.18 Å². The summed E-state index contributed by atoms with van der Waals surface area (Å²) in [6, 6.07) is 0.914. The number of alkyl halides is 3. The van der Waals surface area contributed by atoms with E-state index in [1.165, 1.54) is 6.20 Å². The number of halogens is 4. The summed E-state index contributed by atoms with van der Waals surface area (Å²) in [6.45, 7) is 0. The zero-order valence-corrected chi connectivity index (χ0v) is 8.55. The topological polar surface area (TPSA) is 15.8 Å². The lowest BCUT2D eigenvalue weighted by molar-refractivity contribution is -0.138. The first-order valence-electron chi connectivity index (χ1n) is 2.86. The van der Waals surface area contributed by atoms with Gasteiger partial charge >= 0.3 is 6.18 Å². The van der Waals surface area contributed by atoms with E-state index in [-0.39, 0.29) is 8.21 Å². The number of aromatic nitrogens is 1. The van der Waals surface area contributed by atoms with Gasteiger partial charge in [0.15, 0.2) is 0 Å². The molecule has 0 radical (unpaired) electrons. The third kappa shape index (κ3) is 2.19. The maximum Gasteiger partial charge on any atom is 0.417 e. The van der Waals surface area contributed by atoms with Crippen molar-refractivity contribution in [1.29, 1.82) is 0 Å². The molecule has 0 bridgehead atoms. The van der Waals surface area contributed by atoms with E-state index in [9.17, 15) is 13.2 Å². The van der Waals surface area contributed by atoms with E-state index in [1.807, 2.05) is 0 Å². The van der Waals surface area contributed by atoms with Crippen LogP contribution in [0.1, 0.15) is 5.56 Å². The van der Waals surface area contributed by atoms with E-state index in [1.54, 1.807) is 22.6 Å². The number of hydrogen-bond acceptors (Lipinski definition) is 1. The molecule has 0 aliphatic heterocycles. The zero-order valence-electron chi connectivity index (χ0n) is 5.57. The molecule has 0 saturated carbocycles. The maximum absolute atomic E-state index is 12.2. The fraction of sp³-hybridized carbons (Fsp3) is 0.167. The summed E-state index contributed by atoms with van der Waals surface area (Å²) in [7, 11) is 0. The second-order valence-electron chi connectivity index (χ2n) is 2.06. The highest BCUT2D eigenvalue weighted by Gasteiger charge is 2.32. The van der Waals surface area contributed by atoms with Crippen LogP contribution in [0.4, 0.5) is 13.2 Å². The van der Waals surface area contributed by atoms with Crippen LogP contribution in [0.15, 0.2) is 12.3 Å². The molecule has 66 valence electrons. The predicted octanol–water partition coefficient (Wildman–Crippen LogP) is 3.37. The van der Waals surface area contributed by atoms with E-state index in [2.05, 4.69) is 17.2 Å². The Morgan fingerprint density at radius 3 is 2.42 bits per heavy atom. The third-order valence-corrected chi connectivity index (χ3v) is 2.31. The van der Waals surface area contributed by atoms with Gasteiger partial charge in [0.1, 0.15) is 4.64 Å². The van der Waals surface area contributed by atoms with E-state index in [0.717, 1.165) is 6.07 Å². The fourth-order valence-electron chi connectivity index (χ4n) is 0.671. The Morgan fingerprint density at radius 1 is 1.42 bits per heavy atom. The van der Waals surface area contributed by atoms with Crippen LogP contribution in [-0.4, -0.2) is 4.98 Å². The van der Waals surface area contributed by atoms with Gasteiger partial charge in [-0.25, -0.2) is 0 Å². The highest BCUT2D eigenvalue weighted by Crippen LogP contribution is 2.32. The number of nitrogens with one attached hydrogen (secondary N) is 1. The van der Waals surface area contributed by atoms with Crippen LogP contribution < -0.4 is 0 Å². The van der Waals surface area contributed by atoms with Crippen molar-refractivity contribution in [3.8, 4) is 0 Å². The summed E-state index contributed by atoms with van der Waals surface area (Å²) in [5.41, 5.74) is -0.688. The number of aromatic amines is 1. The molecule has 0 unspecified atom stereocenters. The Morgan fingerprint density at radius 2 is 2.00 bits per heavy atom. The van der Waals surface area contributed by atoms with E-state index in [0.29, 0.717) is 0 Å². The molecule has 0 saturated heterocycles. The van der Waals surface area contributed by atoms with Gasteiger partial charge in [-0.15, -0.1) is 0 Å². The van der Waals surface area contributed by atoms with Gasteiger partial charge < -0.3 is 4.98 Å². The third-order valence-electron chi connectivity index (χ3n) is 1.18. The van der Waals surface area contributed by atoms with Gasteiger partial charge in [-0.1, -0.05) is 12.2 Å². The van der Waals surface area contributed by atoms with Gasteiger partial charge in [0.25, 0.3) is 0 Å². The van der Waals surface area contributed by atoms with Gasteiger partial charge in [-0.05, 0) is 28.7 Å². The molecule has 1 aromatic rings. The lowest BCUT2D eigenvalue weighted by atomic mass is 10.3. The average molecular weight is 305 g/mol. The highest BCUT2D eigenvalue weighted by molar-refractivity contribution is 14.1. The fourth-order valence-corrected chi connectivity index (χ4v) is 1.47. The summed E-state index contributed by atoms with van der Waals surface area (Å²) in [4.78, 5) is 2.52. The minimum atomic E-state index is -4.32. The monoisotopic (exact) mass is 305 g/mol. The molecule has 0 fully saturated rings. The van der Waals surface area contributed by atoms with Gasteiger partial charge in [-0.3, -0.25) is 0 Å². The largest absolute Gasteiger partial charge is 0.417 e. The predicted molar refractivity (Wildman–Crippen MR) is 49.3 cm³/mol. The van der Waals surface area contributed by atoms with Crippen LogP contribution in [0.3, 0.4) is 0 Å². The van der Waals surface area contributed by atoms with E-state index >= 15 is 0 Å². The molecule has 12 heavy (non-hydrogen) atoms. The average Bonchev–Trinajstić information content (AvgIpc) is 1.92. The molecule has 1 heterocycles. The number of hydrogen-bond donors (Lipinski definition) is 1. The second-order valence-corrected chi connectivity index (χ2v) is 3.66. The highest BCUT2D eigenvalue weighted by atomic mass is 127. The van der Waals surface area contributed by atoms with Crippen LogP contribution in [0.5, 0.6) is 0 Å². The smallest absolute Gasteiger partial charge is 0.352 e. The van der Waals surface area contributed by atoms with Crippen molar-refractivity contribution < 1.29 is 13.2 Å². The molecule has 6 heteroatoms. The Balaban J connectivity index is 3.33. The van der Waals surface area contributed by atoms with Crippen LogP contribution in [0.25, 0.3) is 0 Å². The molecule has 1 N–H and O–H groups in total. The molecular weight excluding hydrogens is 302 g/mol. The van der Waals surface area contributed by atoms with Crippen molar-refractivity contribution in [3.05, 3.63) is 26.0 Å². The van der Waals surface area contributed by atoms with Crippen molar-refractivity contribution in [2.75, 3.05) is 0 Å². The molecule has 0 amide bonds. The summed E-state index contributed by atoms with van der Waals surface area (Å²) in [5, 5.41) is 0. The van der Waals surface area contributed by atoms with Crippen molar-refractivity contribution in [1.82, 2.24) is 4.98 Å². The van der Waals surface area contributed by atoms with Crippen LogP contribution in [0, 0.1) is 8.21 Å². The molecule has 0 spiro atoms. The second kappa shape index (κ2) is 3.33. The Labute approximate surface area is 85.1 Å². The number of pyridine rings is 1. The minimum Gasteiger partial charge on any atom is -0.352 e. The van der Waals surface area contributed by atoms with E-state index in [4.69, 9.17) is 0 Å². The van der Waals surface area contributed by atoms with Gasteiger partial charge in [0.2, 0.25) is 0 Å². The number of rotatable bonds is 0. The van der Waals surface area contributed by atoms with E-state index < -0.39 is 11.7 Å². The first-order valence-corrected chi connectivity index (χ1v) is 4.35. The lowest BCUT2D eigenvalue weighted by Crippen LogP contribution is -2.07. The van der Waals surface area contributed by atoms with Crippen molar-refractivity contribution in [3.63, 3.8) is 0 Å². The van der Waals surface area contributed by atoms with Crippen molar-refractivity contribution in [2.24, 2.45) is 0 Å². The SMILES string of the molecule is FC(F)(F)c1cc(=S)[nH]cc1I. The zero-order chi connectivity index (χ0) is 9.35. The first-order chi connectivity index (χ1) is 5.41. The molecule has 1 aromatic heterocycles. The van der Waals surface area contributed by atoms with Crippen LogP contribution in [-0.2, 0) is 6.18 Å². The molecule has 1 rings (SSSR count). The molecule has 0 aliphatic rings. The van der Waals surface area contributed by atoms with Crippen LogP contribution in [0.2, 0.25) is 0 Å². The van der Waals surface area contributed by atoms with Gasteiger partial charge in [0, 0.05) is 9.77 Å². The van der Waals surface area contributed by atoms with Gasteiger partial charge in [0.05, 0.1) is 5.56 Å². The van der Waals surface area contributed by atoms with Crippen molar-refractivity contribution >= 4 is 34.8 Å².